The van der Waals surface area contributed by atoms with E-state index in [1.165, 1.54) is 24.3 Å². The molecule has 1 unspecified atom stereocenters. The Morgan fingerprint density at radius 2 is 1.70 bits per heavy atom. The zero-order valence-corrected chi connectivity index (χ0v) is 19.0. The largest absolute Gasteiger partial charge is 0.426 e. The maximum Gasteiger partial charge on any atom is 0.426 e. The molecule has 180 valence electrons. The van der Waals surface area contributed by atoms with Gasteiger partial charge in [-0.05, 0) is 55.8 Å². The predicted octanol–water partition coefficient (Wildman–Crippen LogP) is 3.53. The number of aliphatic hydroxyl groups is 1. The Kier molecular flexibility index (Phi) is 7.99. The van der Waals surface area contributed by atoms with Crippen molar-refractivity contribution in [3.8, 4) is 0 Å². The molecule has 33 heavy (non-hydrogen) atoms. The van der Waals surface area contributed by atoms with Crippen molar-refractivity contribution >= 4 is 44.8 Å². The monoisotopic (exact) mass is 507 g/mol. The molecule has 0 saturated heterocycles. The Hall–Kier alpha value is -2.83. The van der Waals surface area contributed by atoms with Crippen LogP contribution in [0, 0.1) is 0 Å². The molecule has 4 N–H and O–H groups in total. The number of nitrogens with one attached hydrogen (secondary N) is 3. The van der Waals surface area contributed by atoms with Gasteiger partial charge in [-0.1, -0.05) is 18.5 Å². The van der Waals surface area contributed by atoms with E-state index in [-0.39, 0.29) is 34.1 Å². The standard InChI is InChI=1S/C20H21ClF3N3O5S/c1-3-10-25-17(28)12-4-6-13(7-5-12)27-33(31,32)14-8-9-16(15(21)11-14)26-18(29)19(2,30)20(22,23)24/h4-9,11,27,30H,3,10H2,1-2H3,(H,25,28)(H,26,29). The molecule has 1 atom stereocenters. The van der Waals surface area contributed by atoms with Gasteiger partial charge < -0.3 is 15.7 Å². The van der Waals surface area contributed by atoms with Crippen LogP contribution in [0.3, 0.4) is 0 Å². The van der Waals surface area contributed by atoms with Gasteiger partial charge in [-0.15, -0.1) is 0 Å². The lowest BCUT2D eigenvalue weighted by Gasteiger charge is -2.25. The first-order valence-corrected chi connectivity index (χ1v) is 11.4. The smallest absolute Gasteiger partial charge is 0.373 e. The first-order chi connectivity index (χ1) is 15.2. The second-order valence-electron chi connectivity index (χ2n) is 7.10. The van der Waals surface area contributed by atoms with E-state index in [2.05, 4.69) is 10.0 Å². The summed E-state index contributed by atoms with van der Waals surface area (Å²) in [5.41, 5.74) is -3.52. The van der Waals surface area contributed by atoms with Crippen LogP contribution < -0.4 is 15.4 Å². The Bertz CT molecular complexity index is 1140. The highest BCUT2D eigenvalue weighted by Crippen LogP contribution is 2.33. The number of sulfonamides is 1. The third-order valence-electron chi connectivity index (χ3n) is 4.43. The summed E-state index contributed by atoms with van der Waals surface area (Å²) >= 11 is 5.93. The fourth-order valence-electron chi connectivity index (χ4n) is 2.38. The molecule has 0 fully saturated rings. The number of anilines is 2. The second kappa shape index (κ2) is 9.98. The van der Waals surface area contributed by atoms with Crippen molar-refractivity contribution in [2.45, 2.75) is 36.9 Å². The van der Waals surface area contributed by atoms with Crippen molar-refractivity contribution in [1.29, 1.82) is 0 Å². The highest BCUT2D eigenvalue weighted by molar-refractivity contribution is 7.92. The van der Waals surface area contributed by atoms with E-state index in [1.54, 1.807) is 0 Å². The average Bonchev–Trinajstić information content (AvgIpc) is 2.72. The minimum Gasteiger partial charge on any atom is -0.373 e. The zero-order chi connectivity index (χ0) is 25.0. The summed E-state index contributed by atoms with van der Waals surface area (Å²) in [5, 5.41) is 13.5. The quantitative estimate of drug-likeness (QED) is 0.435. The van der Waals surface area contributed by atoms with E-state index < -0.39 is 27.7 Å². The molecular weight excluding hydrogens is 487 g/mol. The zero-order valence-electron chi connectivity index (χ0n) is 17.5. The average molecular weight is 508 g/mol. The van der Waals surface area contributed by atoms with E-state index >= 15 is 0 Å². The van der Waals surface area contributed by atoms with Gasteiger partial charge in [0.15, 0.2) is 0 Å². The lowest BCUT2D eigenvalue weighted by atomic mass is 10.1. The Morgan fingerprint density at radius 3 is 2.21 bits per heavy atom. The van der Waals surface area contributed by atoms with Crippen molar-refractivity contribution in [1.82, 2.24) is 5.32 Å². The fraction of sp³-hybridized carbons (Fsp3) is 0.300. The van der Waals surface area contributed by atoms with Crippen LogP contribution in [0.15, 0.2) is 47.4 Å². The number of carbonyl (C=O) groups excluding carboxylic acids is 2. The van der Waals surface area contributed by atoms with Crippen molar-refractivity contribution in [2.75, 3.05) is 16.6 Å². The first kappa shape index (κ1) is 26.4. The molecule has 2 aromatic rings. The fourth-order valence-corrected chi connectivity index (χ4v) is 3.76. The molecule has 0 radical (unpaired) electrons. The number of carbonyl (C=O) groups is 2. The van der Waals surface area contributed by atoms with Crippen LogP contribution in [0.1, 0.15) is 30.6 Å². The number of amides is 2. The number of benzene rings is 2. The van der Waals surface area contributed by atoms with Gasteiger partial charge in [-0.25, -0.2) is 8.42 Å². The Balaban J connectivity index is 2.16. The van der Waals surface area contributed by atoms with Gasteiger partial charge in [0, 0.05) is 17.8 Å². The van der Waals surface area contributed by atoms with Gasteiger partial charge in [0.1, 0.15) is 0 Å². The van der Waals surface area contributed by atoms with Gasteiger partial charge in [-0.3, -0.25) is 14.3 Å². The lowest BCUT2D eigenvalue weighted by Crippen LogP contribution is -2.52. The minimum atomic E-state index is -5.23. The van der Waals surface area contributed by atoms with Gasteiger partial charge in [0.05, 0.1) is 15.6 Å². The van der Waals surface area contributed by atoms with Crippen LogP contribution in [0.5, 0.6) is 0 Å². The molecule has 0 aliphatic carbocycles. The first-order valence-electron chi connectivity index (χ1n) is 9.50. The normalized spacial score (nSPS) is 13.7. The molecule has 0 aliphatic heterocycles. The molecule has 0 bridgehead atoms. The van der Waals surface area contributed by atoms with E-state index in [0.717, 1.165) is 24.6 Å². The molecule has 0 aromatic heterocycles. The van der Waals surface area contributed by atoms with Crippen LogP contribution in [0.2, 0.25) is 5.02 Å². The summed E-state index contributed by atoms with van der Waals surface area (Å²) in [5.74, 6) is -2.09. The number of rotatable bonds is 8. The Morgan fingerprint density at radius 1 is 1.09 bits per heavy atom. The maximum absolute atomic E-state index is 12.8. The van der Waals surface area contributed by atoms with Gasteiger partial charge in [0.2, 0.25) is 5.60 Å². The second-order valence-corrected chi connectivity index (χ2v) is 9.19. The molecule has 0 aliphatic rings. The third-order valence-corrected chi connectivity index (χ3v) is 6.12. The Labute approximate surface area is 193 Å². The van der Waals surface area contributed by atoms with Crippen LogP contribution in [-0.4, -0.2) is 43.7 Å². The van der Waals surface area contributed by atoms with E-state index in [9.17, 15) is 36.3 Å². The highest BCUT2D eigenvalue weighted by Gasteiger charge is 2.55. The number of hydrogen-bond donors (Lipinski definition) is 4. The summed E-state index contributed by atoms with van der Waals surface area (Å²) < 4.78 is 65.9. The van der Waals surface area contributed by atoms with Gasteiger partial charge >= 0.3 is 6.18 Å². The summed E-state index contributed by atoms with van der Waals surface area (Å²) in [7, 11) is -4.16. The molecule has 0 saturated carbocycles. The maximum atomic E-state index is 12.8. The van der Waals surface area contributed by atoms with Crippen LogP contribution in [-0.2, 0) is 14.8 Å². The third kappa shape index (κ3) is 6.36. The molecular formula is C20H21ClF3N3O5S. The van der Waals surface area contributed by atoms with Gasteiger partial charge in [-0.2, -0.15) is 13.2 Å². The molecule has 2 aromatic carbocycles. The van der Waals surface area contributed by atoms with Crippen LogP contribution >= 0.6 is 11.6 Å². The van der Waals surface area contributed by atoms with E-state index in [1.807, 2.05) is 12.2 Å². The predicted molar refractivity (Wildman–Crippen MR) is 117 cm³/mol. The number of alkyl halides is 3. The van der Waals surface area contributed by atoms with Crippen molar-refractivity contribution in [3.63, 3.8) is 0 Å². The van der Waals surface area contributed by atoms with Crippen molar-refractivity contribution in [2.24, 2.45) is 0 Å². The summed E-state index contributed by atoms with van der Waals surface area (Å²) in [6.07, 6.45) is -4.47. The minimum absolute atomic E-state index is 0.150. The van der Waals surface area contributed by atoms with Gasteiger partial charge in [0.25, 0.3) is 21.8 Å². The van der Waals surface area contributed by atoms with Crippen molar-refractivity contribution in [3.05, 3.63) is 53.1 Å². The molecule has 0 heterocycles. The number of hydrogen-bond acceptors (Lipinski definition) is 5. The van der Waals surface area contributed by atoms with E-state index in [0.29, 0.717) is 12.1 Å². The number of halogens is 4. The SMILES string of the molecule is CCCNC(=O)c1ccc(NS(=O)(=O)c2ccc(NC(=O)C(C)(O)C(F)(F)F)c(Cl)c2)cc1. The van der Waals surface area contributed by atoms with E-state index in [4.69, 9.17) is 11.6 Å². The lowest BCUT2D eigenvalue weighted by molar-refractivity contribution is -0.242. The molecule has 13 heteroatoms. The topological polar surface area (TPSA) is 125 Å². The summed E-state index contributed by atoms with van der Waals surface area (Å²) in [6, 6.07) is 8.55. The summed E-state index contributed by atoms with van der Waals surface area (Å²) in [6.45, 7) is 2.67. The van der Waals surface area contributed by atoms with Crippen molar-refractivity contribution < 1.29 is 36.3 Å². The molecule has 8 nitrogen and oxygen atoms in total. The molecule has 2 amide bonds. The van der Waals surface area contributed by atoms with Crippen LogP contribution in [0.25, 0.3) is 0 Å². The molecule has 0 spiro atoms. The molecule has 2 rings (SSSR count). The van der Waals surface area contributed by atoms with Crippen LogP contribution in [0.4, 0.5) is 24.5 Å². The highest BCUT2D eigenvalue weighted by atomic mass is 35.5. The summed E-state index contributed by atoms with van der Waals surface area (Å²) in [4.78, 5) is 23.4.